The van der Waals surface area contributed by atoms with Gasteiger partial charge in [-0.1, -0.05) is 0 Å². The third-order valence-electron chi connectivity index (χ3n) is 1.93. The van der Waals surface area contributed by atoms with Crippen molar-refractivity contribution in [2.24, 2.45) is 10.7 Å². The Bertz CT molecular complexity index is 401. The molecule has 0 spiro atoms. The summed E-state index contributed by atoms with van der Waals surface area (Å²) in [5.41, 5.74) is 5.50. The first-order valence-corrected chi connectivity index (χ1v) is 6.63. The number of rotatable bonds is 8. The summed E-state index contributed by atoms with van der Waals surface area (Å²) in [4.78, 5) is 35.9. The highest BCUT2D eigenvalue weighted by Crippen LogP contribution is 2.00. The van der Waals surface area contributed by atoms with E-state index in [1.807, 2.05) is 0 Å². The molecule has 0 saturated carbocycles. The van der Waals surface area contributed by atoms with E-state index in [0.29, 0.717) is 0 Å². The molecule has 2 atom stereocenters. The van der Waals surface area contributed by atoms with Gasteiger partial charge in [-0.2, -0.15) is 0 Å². The van der Waals surface area contributed by atoms with Crippen molar-refractivity contribution in [3.05, 3.63) is 0 Å². The van der Waals surface area contributed by atoms with Crippen LogP contribution >= 0.6 is 11.9 Å². The van der Waals surface area contributed by atoms with E-state index in [0.717, 1.165) is 11.9 Å². The van der Waals surface area contributed by atoms with Crippen LogP contribution in [0.3, 0.4) is 0 Å². The predicted octanol–water partition coefficient (Wildman–Crippen LogP) is -1.01. The van der Waals surface area contributed by atoms with Crippen molar-refractivity contribution in [1.82, 2.24) is 10.0 Å². The molecule has 0 aromatic carbocycles. The van der Waals surface area contributed by atoms with Gasteiger partial charge in [0.1, 0.15) is 6.04 Å². The van der Waals surface area contributed by atoms with Gasteiger partial charge >= 0.3 is 11.9 Å². The summed E-state index contributed by atoms with van der Waals surface area (Å²) in [6.45, 7) is 2.81. The van der Waals surface area contributed by atoms with Gasteiger partial charge < -0.3 is 26.0 Å². The maximum Gasteiger partial charge on any atom is 0.327 e. The molecular formula is C10H18N4O5S. The van der Waals surface area contributed by atoms with E-state index in [-0.39, 0.29) is 18.1 Å². The molecule has 0 aromatic heterocycles. The van der Waals surface area contributed by atoms with Crippen molar-refractivity contribution >= 4 is 35.8 Å². The average molecular weight is 306 g/mol. The molecule has 0 heterocycles. The average Bonchev–Trinajstić information content (AvgIpc) is 2.25. The number of hydrogen-bond donors (Lipinski definition) is 5. The molecule has 0 saturated heterocycles. The van der Waals surface area contributed by atoms with Crippen molar-refractivity contribution < 1.29 is 24.6 Å². The lowest BCUT2D eigenvalue weighted by Crippen LogP contribution is -2.42. The van der Waals surface area contributed by atoms with E-state index >= 15 is 0 Å². The van der Waals surface area contributed by atoms with Crippen LogP contribution in [-0.4, -0.2) is 51.9 Å². The van der Waals surface area contributed by atoms with Crippen LogP contribution in [0, 0.1) is 0 Å². The minimum absolute atomic E-state index is 0.00397. The first-order chi connectivity index (χ1) is 9.22. The third kappa shape index (κ3) is 9.03. The van der Waals surface area contributed by atoms with Crippen LogP contribution in [0.5, 0.6) is 0 Å². The Morgan fingerprint density at radius 2 is 1.95 bits per heavy atom. The number of carboxylic acid groups (broad SMARTS) is 2. The molecule has 1 amide bonds. The number of guanidine groups is 1. The van der Waals surface area contributed by atoms with Crippen molar-refractivity contribution in [1.29, 1.82) is 0 Å². The van der Waals surface area contributed by atoms with Gasteiger partial charge in [0, 0.05) is 12.7 Å². The van der Waals surface area contributed by atoms with Crippen LogP contribution in [0.1, 0.15) is 20.3 Å². The lowest BCUT2D eigenvalue weighted by molar-refractivity contribution is -0.140. The van der Waals surface area contributed by atoms with E-state index in [9.17, 15) is 14.4 Å². The smallest absolute Gasteiger partial charge is 0.327 e. The van der Waals surface area contributed by atoms with Crippen LogP contribution in [0.4, 0.5) is 0 Å². The number of nitrogens with one attached hydrogen (secondary N) is 2. The normalized spacial score (nSPS) is 14.2. The molecule has 0 fully saturated rings. The summed E-state index contributed by atoms with van der Waals surface area (Å²) in [5, 5.41) is 19.7. The maximum absolute atomic E-state index is 10.8. The van der Waals surface area contributed by atoms with Crippen molar-refractivity contribution in [3.8, 4) is 0 Å². The van der Waals surface area contributed by atoms with Gasteiger partial charge in [-0.25, -0.2) is 9.79 Å². The fourth-order valence-electron chi connectivity index (χ4n) is 1.18. The number of carbonyl (C=O) groups excluding carboxylic acids is 1. The molecule has 9 nitrogen and oxygen atoms in total. The van der Waals surface area contributed by atoms with Crippen molar-refractivity contribution in [2.45, 2.75) is 32.4 Å². The Hall–Kier alpha value is -1.97. The van der Waals surface area contributed by atoms with Gasteiger partial charge in [-0.05, 0) is 18.9 Å². The first-order valence-electron chi connectivity index (χ1n) is 5.65. The minimum atomic E-state index is -1.16. The summed E-state index contributed by atoms with van der Waals surface area (Å²) in [5.74, 6) is -2.56. The highest BCUT2D eigenvalue weighted by Gasteiger charge is 2.18. The molecule has 0 aliphatic heterocycles. The molecule has 0 aromatic rings. The fraction of sp³-hybridized carbons (Fsp3) is 0.600. The Kier molecular flexibility index (Phi) is 8.13. The molecule has 0 rings (SSSR count). The van der Waals surface area contributed by atoms with E-state index in [1.54, 1.807) is 6.92 Å². The Morgan fingerprint density at radius 3 is 2.40 bits per heavy atom. The number of nitrogens with zero attached hydrogens (tertiary/aromatic N) is 1. The molecule has 114 valence electrons. The zero-order valence-electron chi connectivity index (χ0n) is 11.1. The van der Waals surface area contributed by atoms with Crippen LogP contribution in [0.2, 0.25) is 0 Å². The van der Waals surface area contributed by atoms with Crippen LogP contribution in [-0.2, 0) is 14.4 Å². The number of carbonyl (C=O) groups is 3. The van der Waals surface area contributed by atoms with Crippen molar-refractivity contribution in [2.75, 3.05) is 5.75 Å². The SMILES string of the molecule is CC(=O)N[C@H](CSNC(N)=NC(C)CC(=O)O)C(=O)O. The monoisotopic (exact) mass is 306 g/mol. The second kappa shape index (κ2) is 9.02. The van der Waals surface area contributed by atoms with Crippen LogP contribution < -0.4 is 15.8 Å². The summed E-state index contributed by atoms with van der Waals surface area (Å²) >= 11 is 0.952. The van der Waals surface area contributed by atoms with Gasteiger partial charge in [0.05, 0.1) is 12.5 Å². The maximum atomic E-state index is 10.8. The van der Waals surface area contributed by atoms with Gasteiger partial charge in [0.15, 0.2) is 5.96 Å². The summed E-state index contributed by atoms with van der Waals surface area (Å²) < 4.78 is 2.58. The molecule has 0 bridgehead atoms. The summed E-state index contributed by atoms with van der Waals surface area (Å²) in [7, 11) is 0. The van der Waals surface area contributed by atoms with Gasteiger partial charge in [0.25, 0.3) is 0 Å². The zero-order chi connectivity index (χ0) is 15.7. The topological polar surface area (TPSA) is 154 Å². The van der Waals surface area contributed by atoms with E-state index < -0.39 is 29.9 Å². The Morgan fingerprint density at radius 1 is 1.35 bits per heavy atom. The number of aliphatic imine (C=N–C) groups is 1. The molecule has 10 heteroatoms. The second-order valence-electron chi connectivity index (χ2n) is 3.97. The summed E-state index contributed by atoms with van der Waals surface area (Å²) in [6.07, 6.45) is -0.156. The number of hydrogen-bond acceptors (Lipinski definition) is 5. The molecular weight excluding hydrogens is 288 g/mol. The molecule has 1 unspecified atom stereocenters. The quantitative estimate of drug-likeness (QED) is 0.217. The lowest BCUT2D eigenvalue weighted by atomic mass is 10.2. The fourth-order valence-corrected chi connectivity index (χ4v) is 1.86. The largest absolute Gasteiger partial charge is 0.481 e. The Labute approximate surface area is 120 Å². The van der Waals surface area contributed by atoms with Crippen LogP contribution in [0.25, 0.3) is 0 Å². The Balaban J connectivity index is 4.19. The standard InChI is InChI=1S/C10H18N4O5S/c1-5(3-8(16)17)12-10(11)14-20-4-7(9(18)19)13-6(2)15/h5,7H,3-4H2,1-2H3,(H,13,15)(H,16,17)(H,18,19)(H3,11,12,14)/t5?,7-/m1/s1. The third-order valence-corrected chi connectivity index (χ3v) is 2.79. The van der Waals surface area contributed by atoms with Gasteiger partial charge in [-0.3, -0.25) is 9.59 Å². The molecule has 6 N–H and O–H groups in total. The molecule has 0 aliphatic rings. The molecule has 0 aliphatic carbocycles. The van der Waals surface area contributed by atoms with E-state index in [1.165, 1.54) is 6.92 Å². The predicted molar refractivity (Wildman–Crippen MR) is 74.2 cm³/mol. The van der Waals surface area contributed by atoms with E-state index in [2.05, 4.69) is 15.0 Å². The molecule has 20 heavy (non-hydrogen) atoms. The zero-order valence-corrected chi connectivity index (χ0v) is 11.9. The van der Waals surface area contributed by atoms with Crippen LogP contribution in [0.15, 0.2) is 4.99 Å². The molecule has 0 radical (unpaired) electrons. The van der Waals surface area contributed by atoms with Gasteiger partial charge in [-0.15, -0.1) is 0 Å². The second-order valence-corrected chi connectivity index (χ2v) is 4.79. The minimum Gasteiger partial charge on any atom is -0.481 e. The van der Waals surface area contributed by atoms with Gasteiger partial charge in [0.2, 0.25) is 5.91 Å². The van der Waals surface area contributed by atoms with Crippen molar-refractivity contribution in [3.63, 3.8) is 0 Å². The number of amides is 1. The lowest BCUT2D eigenvalue weighted by Gasteiger charge is -2.13. The first kappa shape index (κ1) is 18.0. The highest BCUT2D eigenvalue weighted by atomic mass is 32.2. The number of carboxylic acids is 2. The number of aliphatic carboxylic acids is 2. The highest BCUT2D eigenvalue weighted by molar-refractivity contribution is 7.98. The summed E-state index contributed by atoms with van der Waals surface area (Å²) in [6, 6.07) is -1.54. The van der Waals surface area contributed by atoms with E-state index in [4.69, 9.17) is 15.9 Å². The number of nitrogens with two attached hydrogens (primary N) is 1.